The van der Waals surface area contributed by atoms with Crippen molar-refractivity contribution in [2.75, 3.05) is 33.8 Å². The molecule has 1 aliphatic rings. The molecule has 1 heterocycles. The lowest BCUT2D eigenvalue weighted by Gasteiger charge is -2.26. The third-order valence-corrected chi connectivity index (χ3v) is 5.31. The monoisotopic (exact) mass is 440 g/mol. The third-order valence-electron chi connectivity index (χ3n) is 5.31. The fraction of sp³-hybridized carbons (Fsp3) is 0.360. The van der Waals surface area contributed by atoms with E-state index in [1.165, 1.54) is 29.2 Å². The van der Waals surface area contributed by atoms with E-state index in [1.54, 1.807) is 12.1 Å². The average Bonchev–Trinajstić information content (AvgIpc) is 3.02. The van der Waals surface area contributed by atoms with Crippen molar-refractivity contribution in [2.45, 2.75) is 25.8 Å². The van der Waals surface area contributed by atoms with Gasteiger partial charge in [-0.25, -0.2) is 4.39 Å². The standard InChI is InChI=1S/C25H29FN2O4/c1-4-15-32-20-8-5-7-18(16-20)22-21(23(29)17-9-11-19(26)12-10-17)24(30)25(31)28(22)14-6-13-27(2)3/h5,7-12,16,22,29H,4,6,13-15H2,1-3H3/b23-21+. The maximum absolute atomic E-state index is 13.4. The number of rotatable bonds is 9. The zero-order chi connectivity index (χ0) is 23.3. The molecule has 0 spiro atoms. The summed E-state index contributed by atoms with van der Waals surface area (Å²) < 4.78 is 19.1. The first kappa shape index (κ1) is 23.5. The Bertz CT molecular complexity index is 1000. The van der Waals surface area contributed by atoms with E-state index in [0.717, 1.165) is 13.0 Å². The van der Waals surface area contributed by atoms with E-state index in [2.05, 4.69) is 0 Å². The predicted octanol–water partition coefficient (Wildman–Crippen LogP) is 3.99. The highest BCUT2D eigenvalue weighted by Gasteiger charge is 2.45. The van der Waals surface area contributed by atoms with Gasteiger partial charge >= 0.3 is 0 Å². The number of amides is 1. The fourth-order valence-corrected chi connectivity index (χ4v) is 3.77. The molecule has 1 N–H and O–H groups in total. The van der Waals surface area contributed by atoms with Crippen LogP contribution in [0, 0.1) is 5.82 Å². The Morgan fingerprint density at radius 3 is 2.53 bits per heavy atom. The molecule has 1 fully saturated rings. The molecule has 32 heavy (non-hydrogen) atoms. The van der Waals surface area contributed by atoms with Crippen LogP contribution in [0.3, 0.4) is 0 Å². The summed E-state index contributed by atoms with van der Waals surface area (Å²) in [5.41, 5.74) is 0.950. The molecule has 6 nitrogen and oxygen atoms in total. The molecule has 170 valence electrons. The molecule has 1 aliphatic heterocycles. The smallest absolute Gasteiger partial charge is 0.295 e. The Morgan fingerprint density at radius 2 is 1.88 bits per heavy atom. The van der Waals surface area contributed by atoms with E-state index in [-0.39, 0.29) is 16.9 Å². The van der Waals surface area contributed by atoms with E-state index >= 15 is 0 Å². The first-order chi connectivity index (χ1) is 15.3. The summed E-state index contributed by atoms with van der Waals surface area (Å²) in [6.07, 6.45) is 1.51. The molecule has 1 amide bonds. The summed E-state index contributed by atoms with van der Waals surface area (Å²) in [7, 11) is 3.88. The van der Waals surface area contributed by atoms with Crippen LogP contribution >= 0.6 is 0 Å². The van der Waals surface area contributed by atoms with Gasteiger partial charge in [0.1, 0.15) is 17.3 Å². The van der Waals surface area contributed by atoms with Crippen molar-refractivity contribution in [3.8, 4) is 5.75 Å². The summed E-state index contributed by atoms with van der Waals surface area (Å²) >= 11 is 0. The van der Waals surface area contributed by atoms with Crippen molar-refractivity contribution in [1.82, 2.24) is 9.80 Å². The van der Waals surface area contributed by atoms with E-state index in [4.69, 9.17) is 4.74 Å². The lowest BCUT2D eigenvalue weighted by Crippen LogP contribution is -2.32. The third kappa shape index (κ3) is 5.16. The number of aliphatic hydroxyl groups is 1. The molecule has 1 unspecified atom stereocenters. The van der Waals surface area contributed by atoms with Crippen LogP contribution in [0.4, 0.5) is 4.39 Å². The number of nitrogens with zero attached hydrogens (tertiary/aromatic N) is 2. The van der Waals surface area contributed by atoms with Gasteiger partial charge < -0.3 is 19.6 Å². The van der Waals surface area contributed by atoms with Crippen LogP contribution in [0.1, 0.15) is 36.9 Å². The highest BCUT2D eigenvalue weighted by atomic mass is 19.1. The molecule has 7 heteroatoms. The first-order valence-corrected chi connectivity index (χ1v) is 10.7. The van der Waals surface area contributed by atoms with Crippen molar-refractivity contribution in [2.24, 2.45) is 0 Å². The topological polar surface area (TPSA) is 70.1 Å². The predicted molar refractivity (Wildman–Crippen MR) is 121 cm³/mol. The SMILES string of the molecule is CCCOc1cccc(C2/C(=C(\O)c3ccc(F)cc3)C(=O)C(=O)N2CCCN(C)C)c1. The Morgan fingerprint density at radius 1 is 1.16 bits per heavy atom. The highest BCUT2D eigenvalue weighted by Crippen LogP contribution is 2.40. The van der Waals surface area contributed by atoms with Crippen LogP contribution in [0.15, 0.2) is 54.1 Å². The molecular weight excluding hydrogens is 411 g/mol. The number of carbonyl (C=O) groups is 2. The summed E-state index contributed by atoms with van der Waals surface area (Å²) in [6.45, 7) is 3.65. The number of ether oxygens (including phenoxy) is 1. The minimum atomic E-state index is -0.757. The fourth-order valence-electron chi connectivity index (χ4n) is 3.77. The molecule has 0 aliphatic carbocycles. The molecule has 3 rings (SSSR count). The molecule has 0 radical (unpaired) electrons. The number of Topliss-reactive ketones (excluding diaryl/α,β-unsaturated/α-hetero) is 1. The molecular formula is C25H29FN2O4. The summed E-state index contributed by atoms with van der Waals surface area (Å²) in [4.78, 5) is 29.5. The summed E-state index contributed by atoms with van der Waals surface area (Å²) in [6, 6.07) is 11.7. The van der Waals surface area contributed by atoms with Gasteiger partial charge in [0.15, 0.2) is 0 Å². The lowest BCUT2D eigenvalue weighted by molar-refractivity contribution is -0.139. The van der Waals surface area contributed by atoms with Crippen LogP contribution in [0.2, 0.25) is 0 Å². The average molecular weight is 441 g/mol. The van der Waals surface area contributed by atoms with Crippen LogP contribution in [0.5, 0.6) is 5.75 Å². The minimum Gasteiger partial charge on any atom is -0.507 e. The van der Waals surface area contributed by atoms with Crippen LogP contribution in [-0.2, 0) is 9.59 Å². The number of hydrogen-bond acceptors (Lipinski definition) is 5. The maximum atomic E-state index is 13.4. The van der Waals surface area contributed by atoms with Gasteiger partial charge in [-0.1, -0.05) is 19.1 Å². The van der Waals surface area contributed by atoms with E-state index in [1.807, 2.05) is 38.1 Å². The molecule has 0 saturated carbocycles. The summed E-state index contributed by atoms with van der Waals surface area (Å²) in [5.74, 6) is -1.55. The molecule has 2 aromatic carbocycles. The van der Waals surface area contributed by atoms with E-state index in [0.29, 0.717) is 30.9 Å². The van der Waals surface area contributed by atoms with Crippen molar-refractivity contribution >= 4 is 17.4 Å². The zero-order valence-electron chi connectivity index (χ0n) is 18.7. The Hall–Kier alpha value is -3.19. The minimum absolute atomic E-state index is 0.000831. The highest BCUT2D eigenvalue weighted by molar-refractivity contribution is 6.46. The van der Waals surface area contributed by atoms with Crippen molar-refractivity contribution < 1.29 is 23.8 Å². The quantitative estimate of drug-likeness (QED) is 0.363. The number of ketones is 1. The van der Waals surface area contributed by atoms with Crippen LogP contribution in [-0.4, -0.2) is 60.4 Å². The number of halogens is 1. The second-order valence-corrected chi connectivity index (χ2v) is 8.08. The Balaban J connectivity index is 2.07. The number of benzene rings is 2. The second kappa shape index (κ2) is 10.4. The van der Waals surface area contributed by atoms with Crippen molar-refractivity contribution in [1.29, 1.82) is 0 Å². The van der Waals surface area contributed by atoms with Gasteiger partial charge in [0, 0.05) is 12.1 Å². The van der Waals surface area contributed by atoms with E-state index in [9.17, 15) is 19.1 Å². The lowest BCUT2D eigenvalue weighted by atomic mass is 9.95. The maximum Gasteiger partial charge on any atom is 0.295 e. The van der Waals surface area contributed by atoms with Crippen LogP contribution in [0.25, 0.3) is 5.76 Å². The van der Waals surface area contributed by atoms with E-state index < -0.39 is 23.5 Å². The number of aliphatic hydroxyl groups excluding tert-OH is 1. The molecule has 0 bridgehead atoms. The Kier molecular flexibility index (Phi) is 7.64. The molecule has 1 atom stereocenters. The second-order valence-electron chi connectivity index (χ2n) is 8.08. The summed E-state index contributed by atoms with van der Waals surface area (Å²) in [5, 5.41) is 11.0. The molecule has 2 aromatic rings. The van der Waals surface area contributed by atoms with Gasteiger partial charge in [-0.05, 0) is 75.4 Å². The van der Waals surface area contributed by atoms with Crippen molar-refractivity contribution in [3.63, 3.8) is 0 Å². The largest absolute Gasteiger partial charge is 0.507 e. The number of likely N-dealkylation sites (tertiary alicyclic amines) is 1. The first-order valence-electron chi connectivity index (χ1n) is 10.7. The normalized spacial score (nSPS) is 17.9. The van der Waals surface area contributed by atoms with Gasteiger partial charge in [-0.15, -0.1) is 0 Å². The number of carbonyl (C=O) groups excluding carboxylic acids is 2. The van der Waals surface area contributed by atoms with Crippen molar-refractivity contribution in [3.05, 3.63) is 71.0 Å². The van der Waals surface area contributed by atoms with Gasteiger partial charge in [-0.2, -0.15) is 0 Å². The zero-order valence-corrected chi connectivity index (χ0v) is 18.7. The molecule has 1 saturated heterocycles. The van der Waals surface area contributed by atoms with Crippen LogP contribution < -0.4 is 4.74 Å². The van der Waals surface area contributed by atoms with Gasteiger partial charge in [-0.3, -0.25) is 9.59 Å². The molecule has 0 aromatic heterocycles. The van der Waals surface area contributed by atoms with Gasteiger partial charge in [0.25, 0.3) is 11.7 Å². The van der Waals surface area contributed by atoms with Gasteiger partial charge in [0.05, 0.1) is 18.2 Å². The Labute approximate surface area is 187 Å². The number of hydrogen-bond donors (Lipinski definition) is 1. The van der Waals surface area contributed by atoms with Gasteiger partial charge in [0.2, 0.25) is 0 Å².